The van der Waals surface area contributed by atoms with Crippen molar-refractivity contribution < 1.29 is 13.9 Å². The number of anilines is 1. The molecule has 2 aromatic carbocycles. The van der Waals surface area contributed by atoms with Gasteiger partial charge >= 0.3 is 0 Å². The predicted molar refractivity (Wildman–Crippen MR) is 129 cm³/mol. The number of carbonyl (C=O) groups is 1. The van der Waals surface area contributed by atoms with E-state index in [1.807, 2.05) is 41.0 Å². The number of rotatable bonds is 10. The molecule has 0 unspecified atom stereocenters. The van der Waals surface area contributed by atoms with E-state index >= 15 is 0 Å². The molecule has 1 amide bonds. The van der Waals surface area contributed by atoms with Gasteiger partial charge in [-0.3, -0.25) is 9.36 Å². The number of thioether (sulfide) groups is 1. The second-order valence-corrected chi connectivity index (χ2v) is 8.57. The van der Waals surface area contributed by atoms with E-state index in [2.05, 4.69) is 22.4 Å². The molecule has 0 aliphatic carbocycles. The summed E-state index contributed by atoms with van der Waals surface area (Å²) in [5.41, 5.74) is 1.99. The third-order valence-electron chi connectivity index (χ3n) is 4.85. The standard InChI is InChI=1S/C24H23ClN4O3S/c1-2-17-5-9-19(10-6-17)26-23(30)16-33-24-28-27-22(29(24)14-21-4-3-13-31-21)15-32-20-11-7-18(25)8-12-20/h3-13H,2,14-16H2,1H3,(H,26,30). The van der Waals surface area contributed by atoms with Crippen LogP contribution >= 0.6 is 23.4 Å². The van der Waals surface area contributed by atoms with Crippen LogP contribution in [0.2, 0.25) is 5.02 Å². The van der Waals surface area contributed by atoms with Crippen molar-refractivity contribution in [1.82, 2.24) is 14.8 Å². The summed E-state index contributed by atoms with van der Waals surface area (Å²) in [4.78, 5) is 12.5. The molecule has 2 aromatic heterocycles. The van der Waals surface area contributed by atoms with Crippen molar-refractivity contribution in [2.75, 3.05) is 11.1 Å². The maximum atomic E-state index is 12.5. The number of carbonyl (C=O) groups excluding carboxylic acids is 1. The van der Waals surface area contributed by atoms with Crippen LogP contribution in [0.3, 0.4) is 0 Å². The maximum Gasteiger partial charge on any atom is 0.234 e. The zero-order valence-corrected chi connectivity index (χ0v) is 19.6. The van der Waals surface area contributed by atoms with Gasteiger partial charge in [-0.1, -0.05) is 42.4 Å². The molecule has 0 spiro atoms. The van der Waals surface area contributed by atoms with E-state index in [1.54, 1.807) is 30.5 Å². The fourth-order valence-electron chi connectivity index (χ4n) is 3.08. The summed E-state index contributed by atoms with van der Waals surface area (Å²) in [6, 6.07) is 18.7. The van der Waals surface area contributed by atoms with E-state index in [-0.39, 0.29) is 18.3 Å². The Bertz CT molecular complexity index is 1180. The molecule has 0 fully saturated rings. The third kappa shape index (κ3) is 6.40. The number of halogens is 1. The number of nitrogens with zero attached hydrogens (tertiary/aromatic N) is 3. The number of aryl methyl sites for hydroxylation is 1. The van der Waals surface area contributed by atoms with Crippen LogP contribution in [0.4, 0.5) is 5.69 Å². The lowest BCUT2D eigenvalue weighted by Crippen LogP contribution is -2.15. The Labute approximate surface area is 201 Å². The highest BCUT2D eigenvalue weighted by molar-refractivity contribution is 7.99. The summed E-state index contributed by atoms with van der Waals surface area (Å²) in [6.45, 7) is 2.74. The molecule has 4 aromatic rings. The lowest BCUT2D eigenvalue weighted by atomic mass is 10.1. The van der Waals surface area contributed by atoms with Gasteiger partial charge in [0.25, 0.3) is 0 Å². The van der Waals surface area contributed by atoms with Gasteiger partial charge in [0.05, 0.1) is 18.6 Å². The van der Waals surface area contributed by atoms with Crippen molar-refractivity contribution in [2.45, 2.75) is 31.7 Å². The highest BCUT2D eigenvalue weighted by Gasteiger charge is 2.16. The van der Waals surface area contributed by atoms with Crippen molar-refractivity contribution >= 4 is 35.0 Å². The van der Waals surface area contributed by atoms with Gasteiger partial charge < -0.3 is 14.5 Å². The van der Waals surface area contributed by atoms with Crippen molar-refractivity contribution in [3.8, 4) is 5.75 Å². The third-order valence-corrected chi connectivity index (χ3v) is 6.07. The molecule has 0 radical (unpaired) electrons. The average Bonchev–Trinajstić information content (AvgIpc) is 3.48. The highest BCUT2D eigenvalue weighted by atomic mass is 35.5. The van der Waals surface area contributed by atoms with Gasteiger partial charge in [0.2, 0.25) is 5.91 Å². The second-order valence-electron chi connectivity index (χ2n) is 7.19. The Kier molecular flexibility index (Phi) is 7.70. The van der Waals surface area contributed by atoms with E-state index in [1.165, 1.54) is 17.3 Å². The van der Waals surface area contributed by atoms with Crippen molar-refractivity contribution in [3.63, 3.8) is 0 Å². The molecular formula is C24H23ClN4O3S. The fraction of sp³-hybridized carbons (Fsp3) is 0.208. The zero-order chi connectivity index (χ0) is 23.0. The number of amides is 1. The molecule has 7 nitrogen and oxygen atoms in total. The van der Waals surface area contributed by atoms with Gasteiger partial charge in [-0.15, -0.1) is 10.2 Å². The van der Waals surface area contributed by atoms with Crippen molar-refractivity contribution in [3.05, 3.63) is 89.1 Å². The first-order valence-electron chi connectivity index (χ1n) is 10.4. The van der Waals surface area contributed by atoms with Gasteiger partial charge in [0, 0.05) is 10.7 Å². The van der Waals surface area contributed by atoms with E-state index < -0.39 is 0 Å². The number of aromatic nitrogens is 3. The smallest absolute Gasteiger partial charge is 0.234 e. The highest BCUT2D eigenvalue weighted by Crippen LogP contribution is 2.22. The quantitative estimate of drug-likeness (QED) is 0.303. The molecule has 0 atom stereocenters. The van der Waals surface area contributed by atoms with Crippen LogP contribution in [0.1, 0.15) is 24.1 Å². The molecule has 0 saturated carbocycles. The molecule has 33 heavy (non-hydrogen) atoms. The van der Waals surface area contributed by atoms with Gasteiger partial charge in [-0.25, -0.2) is 0 Å². The van der Waals surface area contributed by atoms with Crippen LogP contribution in [-0.2, 0) is 24.4 Å². The van der Waals surface area contributed by atoms with Crippen molar-refractivity contribution in [2.24, 2.45) is 0 Å². The fourth-order valence-corrected chi connectivity index (χ4v) is 3.96. The van der Waals surface area contributed by atoms with Crippen LogP contribution in [0, 0.1) is 0 Å². The minimum absolute atomic E-state index is 0.115. The lowest BCUT2D eigenvalue weighted by Gasteiger charge is -2.10. The first-order valence-corrected chi connectivity index (χ1v) is 11.8. The summed E-state index contributed by atoms with van der Waals surface area (Å²) in [5, 5.41) is 12.7. The normalized spacial score (nSPS) is 10.8. The van der Waals surface area contributed by atoms with Crippen LogP contribution in [0.25, 0.3) is 0 Å². The monoisotopic (exact) mass is 482 g/mol. The summed E-state index contributed by atoms with van der Waals surface area (Å²) in [7, 11) is 0. The van der Waals surface area contributed by atoms with Gasteiger partial charge in [-0.2, -0.15) is 0 Å². The molecule has 2 heterocycles. The minimum atomic E-state index is -0.115. The van der Waals surface area contributed by atoms with Gasteiger partial charge in [0.15, 0.2) is 11.0 Å². The molecule has 0 bridgehead atoms. The Hall–Kier alpha value is -3.23. The first kappa shape index (κ1) is 22.9. The molecule has 4 rings (SSSR count). The maximum absolute atomic E-state index is 12.5. The van der Waals surface area contributed by atoms with Gasteiger partial charge in [0.1, 0.15) is 18.1 Å². The van der Waals surface area contributed by atoms with E-state index in [0.717, 1.165) is 17.9 Å². The minimum Gasteiger partial charge on any atom is -0.486 e. The summed E-state index contributed by atoms with van der Waals surface area (Å²) in [5.74, 6) is 2.14. The number of ether oxygens (including phenoxy) is 1. The summed E-state index contributed by atoms with van der Waals surface area (Å²) in [6.07, 6.45) is 2.58. The van der Waals surface area contributed by atoms with E-state index in [9.17, 15) is 4.79 Å². The van der Waals surface area contributed by atoms with Crippen LogP contribution in [0.5, 0.6) is 5.75 Å². The molecule has 0 aliphatic heterocycles. The number of benzene rings is 2. The molecule has 1 N–H and O–H groups in total. The van der Waals surface area contributed by atoms with Crippen molar-refractivity contribution in [1.29, 1.82) is 0 Å². The number of hydrogen-bond donors (Lipinski definition) is 1. The van der Waals surface area contributed by atoms with Crippen LogP contribution < -0.4 is 10.1 Å². The Morgan fingerprint density at radius 3 is 2.61 bits per heavy atom. The van der Waals surface area contributed by atoms with Gasteiger partial charge in [-0.05, 0) is 60.5 Å². The summed E-state index contributed by atoms with van der Waals surface area (Å²) >= 11 is 7.24. The topological polar surface area (TPSA) is 82.2 Å². The first-order chi connectivity index (χ1) is 16.1. The molecule has 0 saturated heterocycles. The Morgan fingerprint density at radius 1 is 1.12 bits per heavy atom. The predicted octanol–water partition coefficient (Wildman–Crippen LogP) is 5.45. The van der Waals surface area contributed by atoms with Crippen LogP contribution in [0.15, 0.2) is 76.5 Å². The second kappa shape index (κ2) is 11.1. The number of furan rings is 1. The largest absolute Gasteiger partial charge is 0.486 e. The zero-order valence-electron chi connectivity index (χ0n) is 18.0. The Balaban J connectivity index is 1.42. The number of nitrogens with one attached hydrogen (secondary N) is 1. The summed E-state index contributed by atoms with van der Waals surface area (Å²) < 4.78 is 13.2. The van der Waals surface area contributed by atoms with Crippen LogP contribution in [-0.4, -0.2) is 26.4 Å². The van der Waals surface area contributed by atoms with E-state index in [4.69, 9.17) is 20.8 Å². The SMILES string of the molecule is CCc1ccc(NC(=O)CSc2nnc(COc3ccc(Cl)cc3)n2Cc2ccco2)cc1. The molecule has 9 heteroatoms. The molecular weight excluding hydrogens is 460 g/mol. The lowest BCUT2D eigenvalue weighted by molar-refractivity contribution is -0.113. The number of hydrogen-bond acceptors (Lipinski definition) is 6. The average molecular weight is 483 g/mol. The molecule has 0 aliphatic rings. The molecule has 170 valence electrons. The Morgan fingerprint density at radius 2 is 1.91 bits per heavy atom. The van der Waals surface area contributed by atoms with E-state index in [0.29, 0.717) is 28.3 Å².